The fraction of sp³-hybridized carbons (Fsp3) is 0.167. The number of amides is 1. The van der Waals surface area contributed by atoms with Gasteiger partial charge in [0.1, 0.15) is 0 Å². The van der Waals surface area contributed by atoms with Crippen LogP contribution in [-0.2, 0) is 22.7 Å². The highest BCUT2D eigenvalue weighted by molar-refractivity contribution is 7.89. The summed E-state index contributed by atoms with van der Waals surface area (Å²) in [6, 6.07) is 9.77. The zero-order valence-corrected chi connectivity index (χ0v) is 14.7. The quantitative estimate of drug-likeness (QED) is 0.737. The van der Waals surface area contributed by atoms with E-state index in [1.807, 2.05) is 0 Å². The normalized spacial score (nSPS) is 11.6. The molecule has 2 N–H and O–H groups in total. The number of hydrogen-bond acceptors (Lipinski definition) is 3. The third kappa shape index (κ3) is 5.57. The molecule has 0 aliphatic heterocycles. The highest BCUT2D eigenvalue weighted by atomic mass is 32.2. The largest absolute Gasteiger partial charge is 0.416 e. The SMILES string of the molecule is C#CCNS(=O)(=O)c1cccc(C(=O)NCc2cccc(C(F)(F)F)c2)c1. The van der Waals surface area contributed by atoms with Crippen molar-refractivity contribution in [3.63, 3.8) is 0 Å². The molecule has 27 heavy (non-hydrogen) atoms. The van der Waals surface area contributed by atoms with Crippen molar-refractivity contribution in [3.05, 3.63) is 65.2 Å². The molecule has 142 valence electrons. The molecular weight excluding hydrogens is 381 g/mol. The van der Waals surface area contributed by atoms with Crippen LogP contribution in [0.5, 0.6) is 0 Å². The molecule has 0 aliphatic rings. The van der Waals surface area contributed by atoms with Gasteiger partial charge in [0.15, 0.2) is 0 Å². The van der Waals surface area contributed by atoms with E-state index in [2.05, 4.69) is 16.0 Å². The van der Waals surface area contributed by atoms with Gasteiger partial charge in [0.05, 0.1) is 17.0 Å². The van der Waals surface area contributed by atoms with E-state index in [9.17, 15) is 26.4 Å². The number of carbonyl (C=O) groups excluding carboxylic acids is 1. The van der Waals surface area contributed by atoms with Crippen LogP contribution in [0.4, 0.5) is 13.2 Å². The monoisotopic (exact) mass is 396 g/mol. The molecule has 2 aromatic rings. The Morgan fingerprint density at radius 1 is 1.11 bits per heavy atom. The molecule has 0 heterocycles. The van der Waals surface area contributed by atoms with Crippen LogP contribution in [-0.4, -0.2) is 20.9 Å². The summed E-state index contributed by atoms with van der Waals surface area (Å²) in [7, 11) is -3.87. The fourth-order valence-corrected chi connectivity index (χ4v) is 3.15. The molecule has 2 aromatic carbocycles. The van der Waals surface area contributed by atoms with Crippen molar-refractivity contribution in [2.75, 3.05) is 6.54 Å². The van der Waals surface area contributed by atoms with Crippen LogP contribution >= 0.6 is 0 Å². The molecule has 0 spiro atoms. The second-order valence-electron chi connectivity index (χ2n) is 5.44. The van der Waals surface area contributed by atoms with Gasteiger partial charge in [0, 0.05) is 12.1 Å². The average molecular weight is 396 g/mol. The van der Waals surface area contributed by atoms with Crippen molar-refractivity contribution in [3.8, 4) is 12.3 Å². The lowest BCUT2D eigenvalue weighted by atomic mass is 10.1. The first kappa shape index (κ1) is 20.5. The van der Waals surface area contributed by atoms with Crippen molar-refractivity contribution in [1.82, 2.24) is 10.0 Å². The molecule has 5 nitrogen and oxygen atoms in total. The summed E-state index contributed by atoms with van der Waals surface area (Å²) in [4.78, 5) is 12.1. The molecule has 9 heteroatoms. The average Bonchev–Trinajstić information content (AvgIpc) is 2.64. The maximum absolute atomic E-state index is 12.7. The molecule has 0 saturated carbocycles. The molecular formula is C18H15F3N2O3S. The van der Waals surface area contributed by atoms with E-state index in [1.54, 1.807) is 0 Å². The second kappa shape index (κ2) is 8.24. The summed E-state index contributed by atoms with van der Waals surface area (Å²) >= 11 is 0. The zero-order chi connectivity index (χ0) is 20.1. The standard InChI is InChI=1S/C18H15F3N2O3S/c1-2-9-23-27(25,26)16-8-4-6-14(11-16)17(24)22-12-13-5-3-7-15(10-13)18(19,20)21/h1,3-8,10-11,23H,9,12H2,(H,22,24). The van der Waals surface area contributed by atoms with Crippen LogP contribution < -0.4 is 10.0 Å². The number of rotatable bonds is 6. The van der Waals surface area contributed by atoms with Crippen LogP contribution in [0.2, 0.25) is 0 Å². The summed E-state index contributed by atoms with van der Waals surface area (Å²) in [6.45, 7) is -0.344. The van der Waals surface area contributed by atoms with E-state index in [4.69, 9.17) is 6.42 Å². The van der Waals surface area contributed by atoms with Crippen LogP contribution in [0.3, 0.4) is 0 Å². The van der Waals surface area contributed by atoms with Gasteiger partial charge in [-0.3, -0.25) is 4.79 Å². The second-order valence-corrected chi connectivity index (χ2v) is 7.20. The lowest BCUT2D eigenvalue weighted by Crippen LogP contribution is -2.26. The predicted molar refractivity (Wildman–Crippen MR) is 93.1 cm³/mol. The highest BCUT2D eigenvalue weighted by Crippen LogP contribution is 2.29. The number of carbonyl (C=O) groups is 1. The Kier molecular flexibility index (Phi) is 6.25. The van der Waals surface area contributed by atoms with Gasteiger partial charge in [0.2, 0.25) is 10.0 Å². The molecule has 0 bridgehead atoms. The summed E-state index contributed by atoms with van der Waals surface area (Å²) in [5.41, 5.74) is -0.509. The fourth-order valence-electron chi connectivity index (χ4n) is 2.17. The van der Waals surface area contributed by atoms with Crippen molar-refractivity contribution < 1.29 is 26.4 Å². The Hall–Kier alpha value is -2.83. The molecule has 0 aromatic heterocycles. The molecule has 0 saturated heterocycles. The first-order valence-corrected chi connectivity index (χ1v) is 9.09. The van der Waals surface area contributed by atoms with Gasteiger partial charge < -0.3 is 5.32 Å². The van der Waals surface area contributed by atoms with E-state index in [0.29, 0.717) is 0 Å². The summed E-state index contributed by atoms with van der Waals surface area (Å²) in [5.74, 6) is 1.51. The minimum Gasteiger partial charge on any atom is -0.348 e. The van der Waals surface area contributed by atoms with Gasteiger partial charge in [0.25, 0.3) is 5.91 Å². The van der Waals surface area contributed by atoms with E-state index in [0.717, 1.165) is 18.2 Å². The van der Waals surface area contributed by atoms with Gasteiger partial charge in [-0.1, -0.05) is 24.1 Å². The maximum Gasteiger partial charge on any atom is 0.416 e. The van der Waals surface area contributed by atoms with Crippen LogP contribution in [0, 0.1) is 12.3 Å². The van der Waals surface area contributed by atoms with Crippen molar-refractivity contribution >= 4 is 15.9 Å². The number of halogens is 3. The predicted octanol–water partition coefficient (Wildman–Crippen LogP) is 2.55. The Bertz CT molecular complexity index is 980. The van der Waals surface area contributed by atoms with Crippen LogP contribution in [0.1, 0.15) is 21.5 Å². The molecule has 1 amide bonds. The minimum absolute atomic E-state index is 0.0468. The zero-order valence-electron chi connectivity index (χ0n) is 13.9. The van der Waals surface area contributed by atoms with Crippen molar-refractivity contribution in [2.24, 2.45) is 0 Å². The molecule has 0 fully saturated rings. The van der Waals surface area contributed by atoms with E-state index < -0.39 is 27.7 Å². The third-order valence-corrected chi connectivity index (χ3v) is 4.88. The van der Waals surface area contributed by atoms with Gasteiger partial charge in [-0.25, -0.2) is 8.42 Å². The minimum atomic E-state index is -4.48. The lowest BCUT2D eigenvalue weighted by molar-refractivity contribution is -0.137. The van der Waals surface area contributed by atoms with Gasteiger partial charge in [-0.05, 0) is 35.9 Å². The number of sulfonamides is 1. The van der Waals surface area contributed by atoms with Gasteiger partial charge in [-0.2, -0.15) is 17.9 Å². The summed E-state index contributed by atoms with van der Waals surface area (Å²) in [6.07, 6.45) is 0.535. The van der Waals surface area contributed by atoms with Gasteiger partial charge in [-0.15, -0.1) is 6.42 Å². The van der Waals surface area contributed by atoms with E-state index in [1.165, 1.54) is 30.3 Å². The third-order valence-electron chi connectivity index (χ3n) is 3.48. The van der Waals surface area contributed by atoms with E-state index >= 15 is 0 Å². The van der Waals surface area contributed by atoms with Crippen LogP contribution in [0.25, 0.3) is 0 Å². The number of hydrogen-bond donors (Lipinski definition) is 2. The Labute approximate surface area is 154 Å². The molecule has 0 aliphatic carbocycles. The Morgan fingerprint density at radius 3 is 2.48 bits per heavy atom. The van der Waals surface area contributed by atoms with Crippen molar-refractivity contribution in [2.45, 2.75) is 17.6 Å². The first-order valence-electron chi connectivity index (χ1n) is 7.61. The Balaban J connectivity index is 2.11. The lowest BCUT2D eigenvalue weighted by Gasteiger charge is -2.10. The number of benzene rings is 2. The maximum atomic E-state index is 12.7. The highest BCUT2D eigenvalue weighted by Gasteiger charge is 2.30. The summed E-state index contributed by atoms with van der Waals surface area (Å²) < 4.78 is 64.4. The van der Waals surface area contributed by atoms with Gasteiger partial charge >= 0.3 is 6.18 Å². The molecule has 2 rings (SSSR count). The molecule has 0 atom stereocenters. The number of alkyl halides is 3. The van der Waals surface area contributed by atoms with Crippen LogP contribution in [0.15, 0.2) is 53.4 Å². The van der Waals surface area contributed by atoms with E-state index in [-0.39, 0.29) is 29.1 Å². The number of nitrogens with one attached hydrogen (secondary N) is 2. The Morgan fingerprint density at radius 2 is 1.81 bits per heavy atom. The molecule has 0 unspecified atom stereocenters. The number of terminal acetylenes is 1. The topological polar surface area (TPSA) is 75.3 Å². The summed E-state index contributed by atoms with van der Waals surface area (Å²) in [5, 5.41) is 2.46. The van der Waals surface area contributed by atoms with Crippen molar-refractivity contribution in [1.29, 1.82) is 0 Å². The first-order chi connectivity index (χ1) is 12.6. The smallest absolute Gasteiger partial charge is 0.348 e. The molecule has 0 radical (unpaired) electrons.